The van der Waals surface area contributed by atoms with E-state index in [1.54, 1.807) is 0 Å². The molecule has 0 amide bonds. The summed E-state index contributed by atoms with van der Waals surface area (Å²) < 4.78 is 6.04. The molecule has 1 aliphatic carbocycles. The van der Waals surface area contributed by atoms with Crippen molar-refractivity contribution in [2.75, 3.05) is 19.7 Å². The van der Waals surface area contributed by atoms with Crippen molar-refractivity contribution in [3.63, 3.8) is 0 Å². The van der Waals surface area contributed by atoms with E-state index in [0.29, 0.717) is 17.9 Å². The fraction of sp³-hybridized carbons (Fsp3) is 0.933. The lowest BCUT2D eigenvalue weighted by Gasteiger charge is -2.45. The minimum absolute atomic E-state index is 0.323. The molecule has 106 valence electrons. The van der Waals surface area contributed by atoms with Gasteiger partial charge in [0.2, 0.25) is 0 Å². The van der Waals surface area contributed by atoms with Gasteiger partial charge in [0.15, 0.2) is 0 Å². The molecule has 1 N–H and O–H groups in total. The first-order chi connectivity index (χ1) is 8.40. The average molecular weight is 254 g/mol. The molecule has 1 rings (SSSR count). The first-order valence-corrected chi connectivity index (χ1v) is 7.38. The highest BCUT2D eigenvalue weighted by atomic mass is 16.5. The van der Waals surface area contributed by atoms with Crippen molar-refractivity contribution in [2.24, 2.45) is 5.41 Å². The molecular weight excluding hydrogens is 224 g/mol. The van der Waals surface area contributed by atoms with Crippen LogP contribution in [-0.4, -0.2) is 36.0 Å². The number of amidine groups is 1. The number of hydrogen-bond acceptors (Lipinski definition) is 2. The molecule has 18 heavy (non-hydrogen) atoms. The highest BCUT2D eigenvalue weighted by Gasteiger charge is 2.43. The summed E-state index contributed by atoms with van der Waals surface area (Å²) in [6.45, 7) is 13.4. The Bertz CT molecular complexity index is 272. The molecule has 3 heteroatoms. The average Bonchev–Trinajstić information content (AvgIpc) is 2.34. The van der Waals surface area contributed by atoms with Crippen LogP contribution in [0.1, 0.15) is 60.3 Å². The van der Waals surface area contributed by atoms with Gasteiger partial charge in [-0.2, -0.15) is 0 Å². The van der Waals surface area contributed by atoms with Crippen LogP contribution in [0.2, 0.25) is 0 Å². The Morgan fingerprint density at radius 2 is 1.56 bits per heavy atom. The highest BCUT2D eigenvalue weighted by Crippen LogP contribution is 2.43. The van der Waals surface area contributed by atoms with Crippen LogP contribution < -0.4 is 0 Å². The van der Waals surface area contributed by atoms with Crippen LogP contribution in [0.5, 0.6) is 0 Å². The largest absolute Gasteiger partial charge is 0.367 e. The fourth-order valence-electron chi connectivity index (χ4n) is 2.88. The zero-order valence-electron chi connectivity index (χ0n) is 12.8. The second-order valence-corrected chi connectivity index (χ2v) is 6.11. The molecule has 0 saturated heterocycles. The topological polar surface area (TPSA) is 36.3 Å². The summed E-state index contributed by atoms with van der Waals surface area (Å²) in [6, 6.07) is 0. The maximum atomic E-state index is 8.52. The standard InChI is InChI=1S/C15H30N2O/c1-6-17(7-2)13(16)15(18-8-3)11-9-14(4,5)10-12-15/h16H,6-12H2,1-5H3. The summed E-state index contributed by atoms with van der Waals surface area (Å²) in [5.74, 6) is 0.699. The maximum absolute atomic E-state index is 8.52. The molecule has 0 radical (unpaired) electrons. The summed E-state index contributed by atoms with van der Waals surface area (Å²) in [5, 5.41) is 8.52. The SMILES string of the molecule is CCOC1(C(=N)N(CC)CC)CCC(C)(C)CC1. The van der Waals surface area contributed by atoms with E-state index in [9.17, 15) is 0 Å². The van der Waals surface area contributed by atoms with E-state index < -0.39 is 0 Å². The zero-order valence-corrected chi connectivity index (χ0v) is 12.8. The summed E-state index contributed by atoms with van der Waals surface area (Å²) in [5.41, 5.74) is 0.0838. The third kappa shape index (κ3) is 3.25. The van der Waals surface area contributed by atoms with Crippen LogP contribution in [0, 0.1) is 10.8 Å². The molecular formula is C15H30N2O. The minimum Gasteiger partial charge on any atom is -0.367 e. The second kappa shape index (κ2) is 6.05. The minimum atomic E-state index is -0.323. The van der Waals surface area contributed by atoms with Gasteiger partial charge in [-0.15, -0.1) is 0 Å². The molecule has 0 heterocycles. The zero-order chi connectivity index (χ0) is 13.8. The van der Waals surface area contributed by atoms with Gasteiger partial charge < -0.3 is 9.64 Å². The van der Waals surface area contributed by atoms with Gasteiger partial charge in [0.25, 0.3) is 0 Å². The van der Waals surface area contributed by atoms with Crippen LogP contribution >= 0.6 is 0 Å². The smallest absolute Gasteiger partial charge is 0.129 e. The summed E-state index contributed by atoms with van der Waals surface area (Å²) >= 11 is 0. The summed E-state index contributed by atoms with van der Waals surface area (Å²) in [6.07, 6.45) is 4.28. The summed E-state index contributed by atoms with van der Waals surface area (Å²) in [4.78, 5) is 2.13. The molecule has 0 aromatic carbocycles. The number of hydrogen-bond donors (Lipinski definition) is 1. The van der Waals surface area contributed by atoms with Crippen molar-refractivity contribution in [3.05, 3.63) is 0 Å². The van der Waals surface area contributed by atoms with E-state index in [-0.39, 0.29) is 5.60 Å². The lowest BCUT2D eigenvalue weighted by atomic mass is 9.70. The first kappa shape index (κ1) is 15.5. The molecule has 1 fully saturated rings. The van der Waals surface area contributed by atoms with E-state index in [1.165, 1.54) is 0 Å². The Kier molecular flexibility index (Phi) is 5.20. The van der Waals surface area contributed by atoms with E-state index in [0.717, 1.165) is 38.8 Å². The fourth-order valence-corrected chi connectivity index (χ4v) is 2.88. The molecule has 0 bridgehead atoms. The number of likely N-dealkylation sites (N-methyl/N-ethyl adjacent to an activating group) is 1. The second-order valence-electron chi connectivity index (χ2n) is 6.11. The van der Waals surface area contributed by atoms with E-state index in [2.05, 4.69) is 32.6 Å². The molecule has 0 aliphatic heterocycles. The molecule has 0 aromatic heterocycles. The number of nitrogens with zero attached hydrogens (tertiary/aromatic N) is 1. The van der Waals surface area contributed by atoms with Crippen LogP contribution in [0.15, 0.2) is 0 Å². The Labute approximate surface area is 112 Å². The van der Waals surface area contributed by atoms with Gasteiger partial charge in [-0.25, -0.2) is 0 Å². The molecule has 0 unspecified atom stereocenters. The van der Waals surface area contributed by atoms with Gasteiger partial charge >= 0.3 is 0 Å². The van der Waals surface area contributed by atoms with Crippen LogP contribution in [0.3, 0.4) is 0 Å². The monoisotopic (exact) mass is 254 g/mol. The molecule has 0 aromatic rings. The van der Waals surface area contributed by atoms with Gasteiger partial charge in [-0.3, -0.25) is 5.41 Å². The van der Waals surface area contributed by atoms with Gasteiger partial charge in [0.1, 0.15) is 11.4 Å². The lowest BCUT2D eigenvalue weighted by Crippen LogP contribution is -2.53. The molecule has 0 spiro atoms. The van der Waals surface area contributed by atoms with Gasteiger partial charge in [0, 0.05) is 19.7 Å². The number of rotatable bonds is 5. The maximum Gasteiger partial charge on any atom is 0.129 e. The Balaban J connectivity index is 2.85. The van der Waals surface area contributed by atoms with Crippen molar-refractivity contribution in [1.82, 2.24) is 4.90 Å². The Hall–Kier alpha value is -0.570. The molecule has 1 aliphatic rings. The molecule has 0 atom stereocenters. The normalized spacial score (nSPS) is 21.6. The van der Waals surface area contributed by atoms with E-state index >= 15 is 0 Å². The van der Waals surface area contributed by atoms with Crippen molar-refractivity contribution in [1.29, 1.82) is 5.41 Å². The van der Waals surface area contributed by atoms with Crippen molar-refractivity contribution in [3.8, 4) is 0 Å². The van der Waals surface area contributed by atoms with Crippen LogP contribution in [0.4, 0.5) is 0 Å². The summed E-state index contributed by atoms with van der Waals surface area (Å²) in [7, 11) is 0. The van der Waals surface area contributed by atoms with E-state index in [1.807, 2.05) is 6.92 Å². The third-order valence-corrected chi connectivity index (χ3v) is 4.34. The van der Waals surface area contributed by atoms with E-state index in [4.69, 9.17) is 10.1 Å². The first-order valence-electron chi connectivity index (χ1n) is 7.38. The highest BCUT2D eigenvalue weighted by molar-refractivity contribution is 5.88. The van der Waals surface area contributed by atoms with Crippen molar-refractivity contribution < 1.29 is 4.74 Å². The number of nitrogens with one attached hydrogen (secondary N) is 1. The molecule has 3 nitrogen and oxygen atoms in total. The van der Waals surface area contributed by atoms with Crippen LogP contribution in [0.25, 0.3) is 0 Å². The van der Waals surface area contributed by atoms with Gasteiger partial charge in [-0.1, -0.05) is 13.8 Å². The van der Waals surface area contributed by atoms with Crippen LogP contribution in [-0.2, 0) is 4.74 Å². The van der Waals surface area contributed by atoms with Crippen molar-refractivity contribution in [2.45, 2.75) is 65.9 Å². The predicted molar refractivity (Wildman–Crippen MR) is 77.3 cm³/mol. The quantitative estimate of drug-likeness (QED) is 0.600. The Morgan fingerprint density at radius 1 is 1.06 bits per heavy atom. The van der Waals surface area contributed by atoms with Crippen molar-refractivity contribution >= 4 is 5.84 Å². The molecule has 1 saturated carbocycles. The van der Waals surface area contributed by atoms with Gasteiger partial charge in [0.05, 0.1) is 0 Å². The number of ether oxygens (including phenoxy) is 1. The van der Waals surface area contributed by atoms with Gasteiger partial charge in [-0.05, 0) is 51.9 Å². The Morgan fingerprint density at radius 3 is 1.94 bits per heavy atom. The third-order valence-electron chi connectivity index (χ3n) is 4.34. The predicted octanol–water partition coefficient (Wildman–Crippen LogP) is 3.68. The lowest BCUT2D eigenvalue weighted by molar-refractivity contribution is -0.0411.